The van der Waals surface area contributed by atoms with Crippen molar-refractivity contribution in [3.8, 4) is 0 Å². The zero-order chi connectivity index (χ0) is 14.1. The number of carbonyl (C=O) groups is 1. The molecule has 0 radical (unpaired) electrons. The molecule has 1 fully saturated rings. The Balaban J connectivity index is 1.93. The van der Waals surface area contributed by atoms with E-state index >= 15 is 0 Å². The monoisotopic (exact) mass is 272 g/mol. The van der Waals surface area contributed by atoms with E-state index < -0.39 is 6.04 Å². The number of amides is 1. The van der Waals surface area contributed by atoms with Crippen LogP contribution in [0.5, 0.6) is 0 Å². The van der Waals surface area contributed by atoms with Gasteiger partial charge in [-0.2, -0.15) is 0 Å². The lowest BCUT2D eigenvalue weighted by Gasteiger charge is -2.14. The Kier molecular flexibility index (Phi) is 8.02. The molecule has 5 nitrogen and oxygen atoms in total. The molecule has 1 amide bonds. The first-order valence-corrected chi connectivity index (χ1v) is 7.32. The first-order valence-electron chi connectivity index (χ1n) is 7.32. The van der Waals surface area contributed by atoms with Gasteiger partial charge in [0.15, 0.2) is 0 Å². The molecular formula is C14H28N2O3. The molecule has 0 aromatic rings. The maximum atomic E-state index is 11.6. The summed E-state index contributed by atoms with van der Waals surface area (Å²) in [6.45, 7) is 6.92. The van der Waals surface area contributed by atoms with Gasteiger partial charge in [-0.1, -0.05) is 13.8 Å². The van der Waals surface area contributed by atoms with Crippen LogP contribution >= 0.6 is 0 Å². The third kappa shape index (κ3) is 7.50. The Labute approximate surface area is 116 Å². The average Bonchev–Trinajstić information content (AvgIpc) is 2.85. The fraction of sp³-hybridized carbons (Fsp3) is 0.929. The molecule has 0 aromatic heterocycles. The van der Waals surface area contributed by atoms with Crippen LogP contribution in [-0.2, 0) is 14.3 Å². The zero-order valence-corrected chi connectivity index (χ0v) is 12.2. The molecule has 1 aliphatic heterocycles. The first kappa shape index (κ1) is 16.4. The number of hydrogen-bond acceptors (Lipinski definition) is 4. The topological polar surface area (TPSA) is 73.6 Å². The van der Waals surface area contributed by atoms with E-state index in [1.807, 2.05) is 0 Å². The molecule has 1 rings (SSSR count). The first-order chi connectivity index (χ1) is 9.09. The van der Waals surface area contributed by atoms with Crippen molar-refractivity contribution >= 4 is 5.91 Å². The van der Waals surface area contributed by atoms with Crippen LogP contribution in [0.3, 0.4) is 0 Å². The van der Waals surface area contributed by atoms with Crippen molar-refractivity contribution < 1.29 is 14.3 Å². The Hall–Kier alpha value is -0.650. The van der Waals surface area contributed by atoms with E-state index in [0.717, 1.165) is 32.3 Å². The molecule has 0 spiro atoms. The van der Waals surface area contributed by atoms with E-state index in [1.165, 1.54) is 0 Å². The predicted molar refractivity (Wildman–Crippen MR) is 74.9 cm³/mol. The van der Waals surface area contributed by atoms with Crippen molar-refractivity contribution in [3.63, 3.8) is 0 Å². The number of ether oxygens (including phenoxy) is 2. The van der Waals surface area contributed by atoms with Crippen LogP contribution < -0.4 is 11.1 Å². The minimum absolute atomic E-state index is 0.0622. The lowest BCUT2D eigenvalue weighted by Crippen LogP contribution is -2.41. The summed E-state index contributed by atoms with van der Waals surface area (Å²) in [5.41, 5.74) is 5.78. The van der Waals surface area contributed by atoms with Crippen LogP contribution in [0.25, 0.3) is 0 Å². The highest BCUT2D eigenvalue weighted by atomic mass is 16.5. The molecule has 5 heteroatoms. The summed E-state index contributed by atoms with van der Waals surface area (Å²) >= 11 is 0. The van der Waals surface area contributed by atoms with Crippen LogP contribution in [0, 0.1) is 5.92 Å². The molecule has 0 saturated carbocycles. The maximum Gasteiger partial charge on any atom is 0.236 e. The van der Waals surface area contributed by atoms with Gasteiger partial charge in [-0.15, -0.1) is 0 Å². The fourth-order valence-electron chi connectivity index (χ4n) is 2.12. The summed E-state index contributed by atoms with van der Waals surface area (Å²) in [6.07, 6.45) is 4.04. The van der Waals surface area contributed by atoms with Gasteiger partial charge >= 0.3 is 0 Å². The predicted octanol–water partition coefficient (Wildman–Crippen LogP) is 1.06. The van der Waals surface area contributed by atoms with E-state index in [2.05, 4.69) is 19.2 Å². The van der Waals surface area contributed by atoms with Gasteiger partial charge in [-0.05, 0) is 31.6 Å². The number of nitrogens with two attached hydrogens (primary N) is 1. The van der Waals surface area contributed by atoms with E-state index in [9.17, 15) is 4.79 Å². The molecular weight excluding hydrogens is 244 g/mol. The van der Waals surface area contributed by atoms with Crippen LogP contribution in [0.4, 0.5) is 0 Å². The van der Waals surface area contributed by atoms with Crippen molar-refractivity contribution in [2.45, 2.75) is 51.7 Å². The van der Waals surface area contributed by atoms with E-state index in [-0.39, 0.29) is 12.0 Å². The van der Waals surface area contributed by atoms with Crippen LogP contribution in [-0.4, -0.2) is 44.4 Å². The number of carbonyl (C=O) groups excluding carboxylic acids is 1. The van der Waals surface area contributed by atoms with Gasteiger partial charge in [0.1, 0.15) is 0 Å². The van der Waals surface area contributed by atoms with E-state index in [0.29, 0.717) is 25.7 Å². The van der Waals surface area contributed by atoms with Gasteiger partial charge in [-0.25, -0.2) is 0 Å². The van der Waals surface area contributed by atoms with Crippen LogP contribution in [0.2, 0.25) is 0 Å². The molecule has 2 atom stereocenters. The second-order valence-corrected chi connectivity index (χ2v) is 5.59. The molecule has 19 heavy (non-hydrogen) atoms. The maximum absolute atomic E-state index is 11.6. The Morgan fingerprint density at radius 2 is 2.32 bits per heavy atom. The van der Waals surface area contributed by atoms with Crippen molar-refractivity contribution in [3.05, 3.63) is 0 Å². The summed E-state index contributed by atoms with van der Waals surface area (Å²) in [7, 11) is 0. The molecule has 0 bridgehead atoms. The van der Waals surface area contributed by atoms with E-state index in [1.54, 1.807) is 0 Å². The fourth-order valence-corrected chi connectivity index (χ4v) is 2.12. The quantitative estimate of drug-likeness (QED) is 0.616. The second-order valence-electron chi connectivity index (χ2n) is 5.59. The van der Waals surface area contributed by atoms with Gasteiger partial charge in [-0.3, -0.25) is 4.79 Å². The molecule has 1 heterocycles. The van der Waals surface area contributed by atoms with Crippen molar-refractivity contribution in [2.24, 2.45) is 11.7 Å². The third-order valence-electron chi connectivity index (χ3n) is 3.15. The minimum atomic E-state index is -0.396. The molecule has 3 N–H and O–H groups in total. The normalized spacial score (nSPS) is 20.7. The average molecular weight is 272 g/mol. The number of hydrogen-bond donors (Lipinski definition) is 2. The van der Waals surface area contributed by atoms with Crippen molar-refractivity contribution in [1.29, 1.82) is 0 Å². The molecule has 2 unspecified atom stereocenters. The highest BCUT2D eigenvalue weighted by Crippen LogP contribution is 2.11. The van der Waals surface area contributed by atoms with E-state index in [4.69, 9.17) is 15.2 Å². The highest BCUT2D eigenvalue weighted by Gasteiger charge is 2.15. The number of nitrogens with one attached hydrogen (secondary N) is 1. The highest BCUT2D eigenvalue weighted by molar-refractivity contribution is 5.81. The van der Waals surface area contributed by atoms with Crippen LogP contribution in [0.1, 0.15) is 39.5 Å². The molecule has 0 aliphatic carbocycles. The lowest BCUT2D eigenvalue weighted by atomic mass is 10.0. The Morgan fingerprint density at radius 3 is 2.95 bits per heavy atom. The zero-order valence-electron chi connectivity index (χ0n) is 12.2. The molecule has 1 saturated heterocycles. The van der Waals surface area contributed by atoms with Crippen molar-refractivity contribution in [1.82, 2.24) is 5.32 Å². The van der Waals surface area contributed by atoms with Gasteiger partial charge in [0, 0.05) is 19.8 Å². The summed E-state index contributed by atoms with van der Waals surface area (Å²) in [6, 6.07) is -0.396. The van der Waals surface area contributed by atoms with Gasteiger partial charge < -0.3 is 20.5 Å². The summed E-state index contributed by atoms with van der Waals surface area (Å²) in [5, 5.41) is 2.84. The standard InChI is InChI=1S/C14H28N2O3/c1-11(2)9-13(15)14(17)16-6-4-7-18-10-12-5-3-8-19-12/h11-13H,3-10,15H2,1-2H3,(H,16,17). The largest absolute Gasteiger partial charge is 0.379 e. The summed E-state index contributed by atoms with van der Waals surface area (Å²) in [4.78, 5) is 11.6. The van der Waals surface area contributed by atoms with Crippen molar-refractivity contribution in [2.75, 3.05) is 26.4 Å². The molecule has 0 aromatic carbocycles. The Morgan fingerprint density at radius 1 is 1.53 bits per heavy atom. The smallest absolute Gasteiger partial charge is 0.236 e. The van der Waals surface area contributed by atoms with Gasteiger partial charge in [0.25, 0.3) is 0 Å². The van der Waals surface area contributed by atoms with Crippen LogP contribution in [0.15, 0.2) is 0 Å². The summed E-state index contributed by atoms with van der Waals surface area (Å²) < 4.78 is 11.0. The minimum Gasteiger partial charge on any atom is -0.379 e. The van der Waals surface area contributed by atoms with Gasteiger partial charge in [0.2, 0.25) is 5.91 Å². The second kappa shape index (κ2) is 9.28. The molecule has 1 aliphatic rings. The third-order valence-corrected chi connectivity index (χ3v) is 3.15. The lowest BCUT2D eigenvalue weighted by molar-refractivity contribution is -0.122. The summed E-state index contributed by atoms with van der Waals surface area (Å²) in [5.74, 6) is 0.378. The van der Waals surface area contributed by atoms with Gasteiger partial charge in [0.05, 0.1) is 18.8 Å². The molecule has 112 valence electrons. The Bertz CT molecular complexity index is 253. The number of rotatable bonds is 9. The SMILES string of the molecule is CC(C)CC(N)C(=O)NCCCOCC1CCCO1.